The molecule has 8 heteroatoms. The van der Waals surface area contributed by atoms with Crippen molar-refractivity contribution in [2.24, 2.45) is 17.8 Å². The number of nitrogens with zero attached hydrogens (tertiary/aromatic N) is 4. The lowest BCUT2D eigenvalue weighted by Crippen LogP contribution is -2.61. The molecule has 0 radical (unpaired) electrons. The Morgan fingerprint density at radius 1 is 1.00 bits per heavy atom. The van der Waals surface area contributed by atoms with Crippen LogP contribution in [-0.2, 0) is 11.3 Å². The van der Waals surface area contributed by atoms with E-state index in [0.717, 1.165) is 48.1 Å². The largest absolute Gasteiger partial charge is 0.411 e. The number of pyridine rings is 1. The van der Waals surface area contributed by atoms with Gasteiger partial charge in [0.2, 0.25) is 11.8 Å². The van der Waals surface area contributed by atoms with E-state index < -0.39 is 0 Å². The number of thioether (sulfide) groups is 1. The number of hydrogen-bond donors (Lipinski definition) is 0. The van der Waals surface area contributed by atoms with Crippen molar-refractivity contribution in [2.45, 2.75) is 55.8 Å². The van der Waals surface area contributed by atoms with Crippen molar-refractivity contribution in [3.8, 4) is 11.5 Å². The Hall–Kier alpha value is -2.74. The third-order valence-electron chi connectivity index (χ3n) is 7.79. The van der Waals surface area contributed by atoms with E-state index in [2.05, 4.69) is 20.1 Å². The first-order valence-electron chi connectivity index (χ1n) is 12.0. The highest BCUT2D eigenvalue weighted by Gasteiger charge is 2.54. The summed E-state index contributed by atoms with van der Waals surface area (Å²) in [5, 5.41) is 8.62. The second-order valence-electron chi connectivity index (χ2n) is 10.1. The number of halogens is 1. The van der Waals surface area contributed by atoms with Gasteiger partial charge in [0.15, 0.2) is 0 Å². The van der Waals surface area contributed by atoms with Gasteiger partial charge < -0.3 is 9.32 Å². The molecule has 2 aromatic heterocycles. The lowest BCUT2D eigenvalue weighted by atomic mass is 9.52. The van der Waals surface area contributed by atoms with Crippen LogP contribution in [0.1, 0.15) is 44.1 Å². The molecule has 6 nitrogen and oxygen atoms in total. The highest BCUT2D eigenvalue weighted by Crippen LogP contribution is 2.58. The van der Waals surface area contributed by atoms with Gasteiger partial charge in [-0.25, -0.2) is 4.39 Å². The molecule has 0 spiro atoms. The minimum Gasteiger partial charge on any atom is -0.411 e. The molecule has 0 N–H and O–H groups in total. The van der Waals surface area contributed by atoms with Gasteiger partial charge in [-0.15, -0.1) is 10.2 Å². The van der Waals surface area contributed by atoms with Gasteiger partial charge >= 0.3 is 0 Å². The highest BCUT2D eigenvalue weighted by molar-refractivity contribution is 7.99. The van der Waals surface area contributed by atoms with Gasteiger partial charge in [0.1, 0.15) is 5.82 Å². The predicted molar refractivity (Wildman–Crippen MR) is 126 cm³/mol. The Morgan fingerprint density at radius 2 is 1.65 bits per heavy atom. The van der Waals surface area contributed by atoms with Crippen molar-refractivity contribution < 1.29 is 13.6 Å². The van der Waals surface area contributed by atoms with Gasteiger partial charge in [-0.1, -0.05) is 23.9 Å². The van der Waals surface area contributed by atoms with E-state index in [1.165, 1.54) is 43.2 Å². The first-order valence-corrected chi connectivity index (χ1v) is 13.0. The summed E-state index contributed by atoms with van der Waals surface area (Å²) >= 11 is 1.28. The summed E-state index contributed by atoms with van der Waals surface area (Å²) in [5.41, 5.74) is 1.68. The van der Waals surface area contributed by atoms with Crippen LogP contribution in [0.3, 0.4) is 0 Å². The molecule has 4 fully saturated rings. The smallest absolute Gasteiger partial charge is 0.277 e. The van der Waals surface area contributed by atoms with Crippen LogP contribution in [0.15, 0.2) is 58.4 Å². The van der Waals surface area contributed by atoms with Crippen molar-refractivity contribution in [2.75, 3.05) is 5.75 Å². The molecule has 7 rings (SSSR count). The molecule has 4 bridgehead atoms. The van der Waals surface area contributed by atoms with Crippen LogP contribution in [0, 0.1) is 23.6 Å². The molecule has 176 valence electrons. The molecule has 1 amide bonds. The number of rotatable bonds is 7. The summed E-state index contributed by atoms with van der Waals surface area (Å²) in [7, 11) is 0. The summed E-state index contributed by atoms with van der Waals surface area (Å²) in [6.45, 7) is 0.512. The van der Waals surface area contributed by atoms with Crippen molar-refractivity contribution in [1.29, 1.82) is 0 Å². The maximum Gasteiger partial charge on any atom is 0.277 e. The van der Waals surface area contributed by atoms with E-state index in [9.17, 15) is 9.18 Å². The number of carbonyl (C=O) groups excluding carboxylic acids is 1. The van der Waals surface area contributed by atoms with Gasteiger partial charge in [-0.2, -0.15) is 0 Å². The van der Waals surface area contributed by atoms with Crippen molar-refractivity contribution >= 4 is 17.7 Å². The number of hydrogen-bond acceptors (Lipinski definition) is 6. The Balaban J connectivity index is 1.21. The van der Waals surface area contributed by atoms with Crippen LogP contribution in [0.2, 0.25) is 0 Å². The van der Waals surface area contributed by atoms with E-state index in [1.54, 1.807) is 24.5 Å². The van der Waals surface area contributed by atoms with Crippen molar-refractivity contribution in [3.63, 3.8) is 0 Å². The first kappa shape index (κ1) is 21.8. The molecule has 4 aliphatic rings. The Morgan fingerprint density at radius 3 is 2.29 bits per heavy atom. The van der Waals surface area contributed by atoms with E-state index in [-0.39, 0.29) is 23.0 Å². The highest BCUT2D eigenvalue weighted by atomic mass is 32.2. The number of benzene rings is 1. The molecule has 0 saturated heterocycles. The van der Waals surface area contributed by atoms with Crippen LogP contribution in [0.5, 0.6) is 0 Å². The molecule has 0 atom stereocenters. The van der Waals surface area contributed by atoms with Gasteiger partial charge in [-0.3, -0.25) is 9.78 Å². The zero-order valence-corrected chi connectivity index (χ0v) is 19.7. The van der Waals surface area contributed by atoms with Crippen molar-refractivity contribution in [1.82, 2.24) is 20.1 Å². The monoisotopic (exact) mass is 478 g/mol. The van der Waals surface area contributed by atoms with Crippen LogP contribution < -0.4 is 0 Å². The van der Waals surface area contributed by atoms with Crippen LogP contribution in [0.4, 0.5) is 4.39 Å². The van der Waals surface area contributed by atoms with E-state index in [0.29, 0.717) is 17.7 Å². The minimum atomic E-state index is -0.256. The molecule has 0 aliphatic heterocycles. The van der Waals surface area contributed by atoms with Crippen LogP contribution >= 0.6 is 11.8 Å². The second kappa shape index (κ2) is 8.80. The molecule has 1 aromatic carbocycles. The fourth-order valence-electron chi connectivity index (χ4n) is 6.77. The molecule has 3 aromatic rings. The molecule has 4 saturated carbocycles. The van der Waals surface area contributed by atoms with E-state index >= 15 is 0 Å². The normalized spacial score (nSPS) is 27.1. The predicted octanol–water partition coefficient (Wildman–Crippen LogP) is 5.36. The van der Waals surface area contributed by atoms with Gasteiger partial charge in [0.05, 0.1) is 5.75 Å². The Bertz CT molecular complexity index is 1130. The average Bonchev–Trinajstić information content (AvgIpc) is 3.31. The molecular weight excluding hydrogens is 451 g/mol. The van der Waals surface area contributed by atoms with Gasteiger partial charge in [0.25, 0.3) is 5.22 Å². The van der Waals surface area contributed by atoms with E-state index in [4.69, 9.17) is 4.42 Å². The average molecular weight is 479 g/mol. The van der Waals surface area contributed by atoms with E-state index in [1.807, 2.05) is 12.1 Å². The van der Waals surface area contributed by atoms with Gasteiger partial charge in [0, 0.05) is 30.0 Å². The molecule has 0 unspecified atom stereocenters. The number of carbonyl (C=O) groups is 1. The third kappa shape index (κ3) is 4.24. The maximum absolute atomic E-state index is 13.7. The lowest BCUT2D eigenvalue weighted by molar-refractivity contribution is -0.149. The zero-order chi connectivity index (χ0) is 23.1. The maximum atomic E-state index is 13.7. The molecule has 2 heterocycles. The second-order valence-corrected chi connectivity index (χ2v) is 11.1. The molecule has 4 aliphatic carbocycles. The first-order chi connectivity index (χ1) is 16.6. The Labute approximate surface area is 202 Å². The summed E-state index contributed by atoms with van der Waals surface area (Å²) in [6, 6.07) is 10.2. The van der Waals surface area contributed by atoms with Crippen LogP contribution in [0.25, 0.3) is 11.5 Å². The Kier molecular flexibility index (Phi) is 5.63. The number of aromatic nitrogens is 3. The third-order valence-corrected chi connectivity index (χ3v) is 8.59. The van der Waals surface area contributed by atoms with Crippen LogP contribution in [-0.4, -0.2) is 37.3 Å². The number of amides is 1. The summed E-state index contributed by atoms with van der Waals surface area (Å²) in [6.07, 6.45) is 10.5. The van der Waals surface area contributed by atoms with Gasteiger partial charge in [-0.05, 0) is 86.1 Å². The topological polar surface area (TPSA) is 72.1 Å². The fourth-order valence-corrected chi connectivity index (χ4v) is 7.41. The molecular formula is C26H27FN4O2S. The standard InChI is InChI=1S/C26H27FN4O2S/c27-22-3-1-17(2-4-22)15-31(26-12-18-9-19(13-26)11-20(10-18)14-26)23(32)16-34-25-30-29-24(33-25)21-5-7-28-8-6-21/h1-8,18-20H,9-16H2. The minimum absolute atomic E-state index is 0.0833. The lowest BCUT2D eigenvalue weighted by Gasteiger charge is -2.60. The zero-order valence-electron chi connectivity index (χ0n) is 18.9. The quantitative estimate of drug-likeness (QED) is 0.426. The molecule has 34 heavy (non-hydrogen) atoms. The summed E-state index contributed by atoms with van der Waals surface area (Å²) in [5.74, 6) is 2.65. The summed E-state index contributed by atoms with van der Waals surface area (Å²) < 4.78 is 19.3. The SMILES string of the molecule is O=C(CSc1nnc(-c2ccncc2)o1)N(Cc1ccc(F)cc1)C12CC3CC(CC(C3)C1)C2. The summed E-state index contributed by atoms with van der Waals surface area (Å²) in [4.78, 5) is 19.8. The fraction of sp³-hybridized carbons (Fsp3) is 0.462. The van der Waals surface area contributed by atoms with Crippen molar-refractivity contribution in [3.05, 3.63) is 60.2 Å².